The van der Waals surface area contributed by atoms with Crippen molar-refractivity contribution in [3.8, 4) is 0 Å². The fourth-order valence-electron chi connectivity index (χ4n) is 3.80. The number of nitrogens with zero attached hydrogens (tertiary/aromatic N) is 1. The number of carbonyl (C=O) groups is 4. The van der Waals surface area contributed by atoms with Gasteiger partial charge in [-0.1, -0.05) is 12.1 Å². The maximum atomic E-state index is 12.9. The molecule has 0 spiro atoms. The predicted octanol–water partition coefficient (Wildman–Crippen LogP) is 0.417. The van der Waals surface area contributed by atoms with Crippen LogP contribution < -0.4 is 21.1 Å². The van der Waals surface area contributed by atoms with Crippen LogP contribution >= 0.6 is 0 Å². The van der Waals surface area contributed by atoms with Crippen LogP contribution in [0.5, 0.6) is 0 Å². The molecule has 0 bridgehead atoms. The minimum Gasteiger partial charge on any atom is -0.334 e. The van der Waals surface area contributed by atoms with Gasteiger partial charge in [-0.25, -0.2) is 18.4 Å². The minimum absolute atomic E-state index is 0.0670. The third kappa shape index (κ3) is 4.86. The summed E-state index contributed by atoms with van der Waals surface area (Å²) in [5, 5.41) is 12.6. The molecule has 1 unspecified atom stereocenters. The number of urea groups is 1. The van der Waals surface area contributed by atoms with Crippen molar-refractivity contribution < 1.29 is 27.6 Å². The quantitative estimate of drug-likeness (QED) is 0.461. The Morgan fingerprint density at radius 1 is 1.12 bits per heavy atom. The van der Waals surface area contributed by atoms with Crippen LogP contribution in [-0.2, 0) is 32.7 Å². The smallest absolute Gasteiger partial charge is 0.319 e. The van der Waals surface area contributed by atoms with Gasteiger partial charge in [0.2, 0.25) is 21.8 Å². The van der Waals surface area contributed by atoms with E-state index in [-0.39, 0.29) is 42.6 Å². The van der Waals surface area contributed by atoms with Gasteiger partial charge in [0, 0.05) is 30.8 Å². The Morgan fingerprint density at radius 2 is 1.85 bits per heavy atom. The van der Waals surface area contributed by atoms with E-state index in [9.17, 15) is 27.6 Å². The molecule has 12 heteroatoms. The lowest BCUT2D eigenvalue weighted by molar-refractivity contribution is -0.136. The van der Waals surface area contributed by atoms with E-state index in [1.54, 1.807) is 18.2 Å². The third-order valence-corrected chi connectivity index (χ3v) is 6.42. The molecular formula is C21H21N5O6S. The predicted molar refractivity (Wildman–Crippen MR) is 116 cm³/mol. The molecule has 1 atom stereocenters. The minimum atomic E-state index is -3.82. The fraction of sp³-hybridized carbons (Fsp3) is 0.238. The Morgan fingerprint density at radius 3 is 2.52 bits per heavy atom. The molecule has 2 aliphatic heterocycles. The van der Waals surface area contributed by atoms with Gasteiger partial charge < -0.3 is 15.5 Å². The van der Waals surface area contributed by atoms with Gasteiger partial charge in [0.05, 0.1) is 4.90 Å². The Kier molecular flexibility index (Phi) is 5.87. The van der Waals surface area contributed by atoms with Crippen molar-refractivity contribution >= 4 is 39.5 Å². The van der Waals surface area contributed by atoms with Gasteiger partial charge in [-0.15, -0.1) is 0 Å². The first kappa shape index (κ1) is 22.4. The van der Waals surface area contributed by atoms with E-state index in [1.807, 2.05) is 0 Å². The molecule has 5 N–H and O–H groups in total. The summed E-state index contributed by atoms with van der Waals surface area (Å²) in [6, 6.07) is 9.42. The maximum Gasteiger partial charge on any atom is 0.319 e. The second-order valence-corrected chi connectivity index (χ2v) is 9.33. The number of anilines is 1. The highest BCUT2D eigenvalue weighted by Gasteiger charge is 2.39. The number of benzene rings is 2. The topological polar surface area (TPSA) is 168 Å². The van der Waals surface area contributed by atoms with Gasteiger partial charge in [0.1, 0.15) is 6.04 Å². The summed E-state index contributed by atoms with van der Waals surface area (Å²) in [6.45, 7) is 0.420. The molecule has 5 amide bonds. The number of nitrogens with one attached hydrogen (secondary N) is 3. The number of imide groups is 1. The molecule has 172 valence electrons. The van der Waals surface area contributed by atoms with Crippen LogP contribution in [-0.4, -0.2) is 43.1 Å². The lowest BCUT2D eigenvalue weighted by atomic mass is 10.0. The summed E-state index contributed by atoms with van der Waals surface area (Å²) >= 11 is 0. The highest BCUT2D eigenvalue weighted by Crippen LogP contribution is 2.28. The number of hydrogen-bond acceptors (Lipinski definition) is 6. The summed E-state index contributed by atoms with van der Waals surface area (Å²) in [6.07, 6.45) is 0.475. The van der Waals surface area contributed by atoms with Crippen molar-refractivity contribution in [2.24, 2.45) is 5.14 Å². The molecule has 1 fully saturated rings. The molecule has 0 radical (unpaired) electrons. The summed E-state index contributed by atoms with van der Waals surface area (Å²) in [7, 11) is -3.82. The number of rotatable bonds is 5. The first-order valence-corrected chi connectivity index (χ1v) is 11.6. The summed E-state index contributed by atoms with van der Waals surface area (Å²) in [4.78, 5) is 49.9. The van der Waals surface area contributed by atoms with E-state index in [4.69, 9.17) is 5.14 Å². The monoisotopic (exact) mass is 471 g/mol. The van der Waals surface area contributed by atoms with E-state index >= 15 is 0 Å². The largest absolute Gasteiger partial charge is 0.334 e. The van der Waals surface area contributed by atoms with Crippen molar-refractivity contribution in [3.05, 3.63) is 59.2 Å². The van der Waals surface area contributed by atoms with Gasteiger partial charge in [-0.3, -0.25) is 19.7 Å². The molecule has 2 aliphatic rings. The van der Waals surface area contributed by atoms with Crippen molar-refractivity contribution in [1.29, 1.82) is 0 Å². The number of piperidine rings is 1. The van der Waals surface area contributed by atoms with Crippen LogP contribution in [0, 0.1) is 0 Å². The first-order chi connectivity index (χ1) is 15.6. The zero-order chi connectivity index (χ0) is 23.8. The molecule has 2 aromatic rings. The van der Waals surface area contributed by atoms with Crippen LogP contribution in [0.1, 0.15) is 34.3 Å². The van der Waals surface area contributed by atoms with Crippen LogP contribution in [0.2, 0.25) is 0 Å². The molecule has 4 rings (SSSR count). The van der Waals surface area contributed by atoms with E-state index in [0.29, 0.717) is 16.8 Å². The molecule has 0 saturated carbocycles. The zero-order valence-electron chi connectivity index (χ0n) is 17.3. The first-order valence-electron chi connectivity index (χ1n) is 10.1. The number of carbonyl (C=O) groups excluding carboxylic acids is 4. The summed E-state index contributed by atoms with van der Waals surface area (Å²) < 4.78 is 22.6. The highest BCUT2D eigenvalue weighted by atomic mass is 32.2. The van der Waals surface area contributed by atoms with Crippen molar-refractivity contribution in [1.82, 2.24) is 15.5 Å². The van der Waals surface area contributed by atoms with Gasteiger partial charge in [0.15, 0.2) is 0 Å². The molecule has 33 heavy (non-hydrogen) atoms. The van der Waals surface area contributed by atoms with E-state index in [1.165, 1.54) is 29.2 Å². The lowest BCUT2D eigenvalue weighted by Crippen LogP contribution is -2.52. The number of primary sulfonamides is 1. The zero-order valence-corrected chi connectivity index (χ0v) is 18.1. The Bertz CT molecular complexity index is 1260. The highest BCUT2D eigenvalue weighted by molar-refractivity contribution is 7.89. The third-order valence-electron chi connectivity index (χ3n) is 5.49. The molecule has 11 nitrogen and oxygen atoms in total. The second kappa shape index (κ2) is 8.64. The number of fused-ring (bicyclic) bond motifs is 1. The average Bonchev–Trinajstić information content (AvgIpc) is 3.08. The molecule has 1 saturated heterocycles. The normalized spacial score (nSPS) is 18.0. The number of nitrogens with two attached hydrogens (primary N) is 1. The maximum absolute atomic E-state index is 12.9. The van der Waals surface area contributed by atoms with Gasteiger partial charge >= 0.3 is 6.03 Å². The molecule has 2 aromatic carbocycles. The van der Waals surface area contributed by atoms with Crippen molar-refractivity contribution in [3.63, 3.8) is 0 Å². The van der Waals surface area contributed by atoms with Gasteiger partial charge in [0.25, 0.3) is 5.91 Å². The second-order valence-electron chi connectivity index (χ2n) is 7.77. The number of sulfonamides is 1. The lowest BCUT2D eigenvalue weighted by Gasteiger charge is -2.29. The fourth-order valence-corrected chi connectivity index (χ4v) is 4.31. The average molecular weight is 471 g/mol. The van der Waals surface area contributed by atoms with Crippen LogP contribution in [0.3, 0.4) is 0 Å². The van der Waals surface area contributed by atoms with Crippen LogP contribution in [0.15, 0.2) is 47.4 Å². The van der Waals surface area contributed by atoms with Crippen LogP contribution in [0.25, 0.3) is 0 Å². The van der Waals surface area contributed by atoms with Crippen molar-refractivity contribution in [2.75, 3.05) is 5.32 Å². The summed E-state index contributed by atoms with van der Waals surface area (Å²) in [5.41, 5.74) is 2.29. The molecule has 0 aliphatic carbocycles. The van der Waals surface area contributed by atoms with E-state index < -0.39 is 28.0 Å². The Hall–Kier alpha value is -3.77. The SMILES string of the molecule is NS(=O)(=O)c1ccc(NC(=O)NCc2ccc3c(c2)C(=O)N(C2CCC(=O)NC2=O)C3)cc1. The molecule has 2 heterocycles. The molecular weight excluding hydrogens is 450 g/mol. The van der Waals surface area contributed by atoms with E-state index in [2.05, 4.69) is 16.0 Å². The van der Waals surface area contributed by atoms with Crippen LogP contribution in [0.4, 0.5) is 10.5 Å². The van der Waals surface area contributed by atoms with Gasteiger partial charge in [-0.2, -0.15) is 0 Å². The van der Waals surface area contributed by atoms with Crippen molar-refractivity contribution in [2.45, 2.75) is 36.9 Å². The number of amides is 5. The summed E-state index contributed by atoms with van der Waals surface area (Å²) in [5.74, 6) is -1.10. The Balaban J connectivity index is 1.36. The standard InChI is InChI=1S/C21H21N5O6S/c22-33(31,32)15-5-3-14(4-6-15)24-21(30)23-10-12-1-2-13-11-26(20(29)16(13)9-12)17-7-8-18(27)25-19(17)28/h1-6,9,17H,7-8,10-11H2,(H2,22,31,32)(H2,23,24,30)(H,25,27,28). The Labute approximate surface area is 189 Å². The number of hydrogen-bond donors (Lipinski definition) is 4. The molecule has 0 aromatic heterocycles. The van der Waals surface area contributed by atoms with E-state index in [0.717, 1.165) is 5.56 Å². The van der Waals surface area contributed by atoms with Gasteiger partial charge in [-0.05, 0) is 47.9 Å².